The molecule has 7 nitrogen and oxygen atoms in total. The molecule has 0 radical (unpaired) electrons. The fourth-order valence-electron chi connectivity index (χ4n) is 4.54. The molecule has 1 saturated heterocycles. The van der Waals surface area contributed by atoms with Gasteiger partial charge in [-0.3, -0.25) is 9.78 Å². The van der Waals surface area contributed by atoms with E-state index >= 15 is 0 Å². The number of aryl methyl sites for hydroxylation is 2. The zero-order valence-electron chi connectivity index (χ0n) is 19.3. The maximum atomic E-state index is 13.5. The van der Waals surface area contributed by atoms with Crippen molar-refractivity contribution in [2.75, 3.05) is 13.2 Å². The normalized spacial score (nSPS) is 19.2. The number of fused-ring (bicyclic) bond motifs is 1. The molecule has 1 amide bonds. The predicted molar refractivity (Wildman–Crippen MR) is 128 cm³/mol. The lowest BCUT2D eigenvalue weighted by Crippen LogP contribution is -2.39. The van der Waals surface area contributed by atoms with Crippen LogP contribution in [-0.2, 0) is 31.4 Å². The number of hydrogen-bond acceptors (Lipinski definition) is 6. The summed E-state index contributed by atoms with van der Waals surface area (Å²) in [6.07, 6.45) is 2.65. The Morgan fingerprint density at radius 2 is 2.03 bits per heavy atom. The average Bonchev–Trinajstić information content (AvgIpc) is 3.48. The molecular weight excluding hydrogens is 452 g/mol. The van der Waals surface area contributed by atoms with E-state index in [1.807, 2.05) is 32.0 Å². The van der Waals surface area contributed by atoms with Crippen LogP contribution < -0.4 is 9.46 Å². The van der Waals surface area contributed by atoms with Gasteiger partial charge >= 0.3 is 0 Å². The Kier molecular flexibility index (Phi) is 5.81. The molecule has 0 unspecified atom stereocenters. The summed E-state index contributed by atoms with van der Waals surface area (Å²) in [7, 11) is -4.10. The summed E-state index contributed by atoms with van der Waals surface area (Å²) < 4.78 is 40.7. The van der Waals surface area contributed by atoms with Gasteiger partial charge in [-0.1, -0.05) is 25.1 Å². The molecule has 1 N–H and O–H groups in total. The average molecular weight is 481 g/mol. The van der Waals surface area contributed by atoms with Crippen molar-refractivity contribution in [1.29, 1.82) is 0 Å². The van der Waals surface area contributed by atoms with Gasteiger partial charge < -0.3 is 9.47 Å². The van der Waals surface area contributed by atoms with Gasteiger partial charge in [0.15, 0.2) is 0 Å². The van der Waals surface area contributed by atoms with E-state index in [9.17, 15) is 13.2 Å². The van der Waals surface area contributed by atoms with Crippen LogP contribution in [0.25, 0.3) is 10.9 Å². The van der Waals surface area contributed by atoms with Crippen LogP contribution in [-0.4, -0.2) is 38.6 Å². The predicted octanol–water partition coefficient (Wildman–Crippen LogP) is 3.81. The molecule has 2 heterocycles. The highest BCUT2D eigenvalue weighted by Gasteiger charge is 2.54. The van der Waals surface area contributed by atoms with Gasteiger partial charge in [-0.25, -0.2) is 13.1 Å². The highest BCUT2D eigenvalue weighted by atomic mass is 32.2. The van der Waals surface area contributed by atoms with E-state index in [0.717, 1.165) is 29.7 Å². The number of pyridine rings is 1. The minimum atomic E-state index is -4.10. The molecule has 2 aromatic carbocycles. The summed E-state index contributed by atoms with van der Waals surface area (Å²) in [5, 5.41) is 0.483. The summed E-state index contributed by atoms with van der Waals surface area (Å²) in [5.74, 6) is 0.105. The van der Waals surface area contributed by atoms with Crippen LogP contribution in [0.15, 0.2) is 53.4 Å². The van der Waals surface area contributed by atoms with Gasteiger partial charge in [0.05, 0.1) is 29.0 Å². The number of carbonyl (C=O) groups excluding carboxylic acids is 1. The number of nitrogens with one attached hydrogen (secondary N) is 1. The molecule has 0 bridgehead atoms. The number of benzene rings is 2. The van der Waals surface area contributed by atoms with Crippen molar-refractivity contribution >= 4 is 26.8 Å². The van der Waals surface area contributed by atoms with Gasteiger partial charge in [-0.05, 0) is 62.1 Å². The van der Waals surface area contributed by atoms with E-state index in [0.29, 0.717) is 42.7 Å². The first-order valence-corrected chi connectivity index (χ1v) is 13.1. The van der Waals surface area contributed by atoms with E-state index in [-0.39, 0.29) is 11.0 Å². The zero-order chi connectivity index (χ0) is 23.9. The first-order chi connectivity index (χ1) is 16.3. The summed E-state index contributed by atoms with van der Waals surface area (Å²) in [4.78, 5) is 18.0. The molecule has 5 rings (SSSR count). The van der Waals surface area contributed by atoms with Gasteiger partial charge in [0.25, 0.3) is 10.0 Å². The molecular formula is C26H28N2O5S. The van der Waals surface area contributed by atoms with E-state index in [2.05, 4.69) is 9.71 Å². The lowest BCUT2D eigenvalue weighted by atomic mass is 9.92. The molecule has 1 aliphatic heterocycles. The van der Waals surface area contributed by atoms with E-state index in [4.69, 9.17) is 9.47 Å². The van der Waals surface area contributed by atoms with Crippen LogP contribution in [0.3, 0.4) is 0 Å². The zero-order valence-corrected chi connectivity index (χ0v) is 20.2. The summed E-state index contributed by atoms with van der Waals surface area (Å²) >= 11 is 0. The first-order valence-electron chi connectivity index (χ1n) is 11.6. The summed E-state index contributed by atoms with van der Waals surface area (Å²) in [5.41, 5.74) is 2.26. The molecule has 178 valence electrons. The Hall–Kier alpha value is -2.97. The number of sulfonamides is 1. The fraction of sp³-hybridized carbons (Fsp3) is 0.385. The molecule has 1 atom stereocenters. The van der Waals surface area contributed by atoms with Crippen molar-refractivity contribution in [1.82, 2.24) is 9.71 Å². The smallest absolute Gasteiger partial charge is 0.264 e. The molecule has 1 saturated carbocycles. The largest absolute Gasteiger partial charge is 0.488 e. The molecule has 8 heteroatoms. The van der Waals surface area contributed by atoms with Crippen LogP contribution in [0.5, 0.6) is 5.75 Å². The summed E-state index contributed by atoms with van der Waals surface area (Å²) in [6, 6.07) is 14.3. The fourth-order valence-corrected chi connectivity index (χ4v) is 5.81. The third-order valence-corrected chi connectivity index (χ3v) is 8.07. The van der Waals surface area contributed by atoms with E-state index < -0.39 is 21.3 Å². The van der Waals surface area contributed by atoms with Crippen LogP contribution >= 0.6 is 0 Å². The van der Waals surface area contributed by atoms with Crippen LogP contribution in [0, 0.1) is 6.92 Å². The van der Waals surface area contributed by atoms with Gasteiger partial charge in [-0.15, -0.1) is 0 Å². The Labute approximate surface area is 199 Å². The van der Waals surface area contributed by atoms with Crippen LogP contribution in [0.2, 0.25) is 0 Å². The van der Waals surface area contributed by atoms with Crippen LogP contribution in [0.4, 0.5) is 0 Å². The standard InChI is InChI=1S/C26H28N2O5S/c1-3-18-8-10-23(33-19-11-14-32-16-19)21(15-18)26(12-13-26)25(29)28-34(30,31)24-6-4-5-22-20(24)9-7-17(2)27-22/h4-10,15,19H,3,11-14,16H2,1-2H3,(H,28,29)/t19-/m0/s1. The number of carbonyl (C=O) groups is 1. The van der Waals surface area contributed by atoms with Crippen molar-refractivity contribution in [3.63, 3.8) is 0 Å². The third kappa shape index (κ3) is 4.16. The Morgan fingerprint density at radius 1 is 1.21 bits per heavy atom. The second kappa shape index (κ2) is 8.67. The minimum Gasteiger partial charge on any atom is -0.488 e. The second-order valence-corrected chi connectivity index (χ2v) is 10.7. The van der Waals surface area contributed by atoms with Crippen molar-refractivity contribution in [3.05, 3.63) is 65.4 Å². The maximum absolute atomic E-state index is 13.5. The lowest BCUT2D eigenvalue weighted by Gasteiger charge is -2.22. The molecule has 1 aliphatic carbocycles. The first kappa shape index (κ1) is 22.8. The monoisotopic (exact) mass is 480 g/mol. The van der Waals surface area contributed by atoms with Gasteiger partial charge in [-0.2, -0.15) is 0 Å². The molecule has 2 fully saturated rings. The Bertz CT molecular complexity index is 1360. The number of rotatable bonds is 7. The van der Waals surface area contributed by atoms with Crippen molar-refractivity contribution in [3.8, 4) is 5.75 Å². The van der Waals surface area contributed by atoms with Crippen molar-refractivity contribution in [2.24, 2.45) is 0 Å². The molecule has 2 aliphatic rings. The lowest BCUT2D eigenvalue weighted by molar-refractivity contribution is -0.121. The molecule has 34 heavy (non-hydrogen) atoms. The van der Waals surface area contributed by atoms with Crippen LogP contribution in [0.1, 0.15) is 43.0 Å². The number of hydrogen-bond donors (Lipinski definition) is 1. The number of ether oxygens (including phenoxy) is 2. The Balaban J connectivity index is 1.47. The maximum Gasteiger partial charge on any atom is 0.264 e. The highest BCUT2D eigenvalue weighted by molar-refractivity contribution is 7.90. The minimum absolute atomic E-state index is 0.0449. The third-order valence-electron chi connectivity index (χ3n) is 6.68. The quantitative estimate of drug-likeness (QED) is 0.553. The Morgan fingerprint density at radius 3 is 2.74 bits per heavy atom. The molecule has 3 aromatic rings. The van der Waals surface area contributed by atoms with E-state index in [1.165, 1.54) is 6.07 Å². The topological polar surface area (TPSA) is 94.6 Å². The van der Waals surface area contributed by atoms with Gasteiger partial charge in [0, 0.05) is 23.1 Å². The number of nitrogens with zero attached hydrogens (tertiary/aromatic N) is 1. The van der Waals surface area contributed by atoms with E-state index in [1.54, 1.807) is 24.3 Å². The number of amides is 1. The number of aromatic nitrogens is 1. The SMILES string of the molecule is CCc1ccc(O[C@H]2CCOC2)c(C2(C(=O)NS(=O)(=O)c3cccc4nc(C)ccc34)CC2)c1. The van der Waals surface area contributed by atoms with Gasteiger partial charge in [0.2, 0.25) is 5.91 Å². The molecule has 0 spiro atoms. The van der Waals surface area contributed by atoms with Crippen molar-refractivity contribution in [2.45, 2.75) is 55.9 Å². The summed E-state index contributed by atoms with van der Waals surface area (Å²) in [6.45, 7) is 5.05. The van der Waals surface area contributed by atoms with Crippen molar-refractivity contribution < 1.29 is 22.7 Å². The molecule has 1 aromatic heterocycles. The van der Waals surface area contributed by atoms with Gasteiger partial charge in [0.1, 0.15) is 11.9 Å². The highest BCUT2D eigenvalue weighted by Crippen LogP contribution is 2.52. The second-order valence-electron chi connectivity index (χ2n) is 9.08.